The minimum Gasteiger partial charge on any atom is -0.483 e. The number of ketones is 1. The fraction of sp³-hybridized carbons (Fsp3) is 0.455. The first-order chi connectivity index (χ1) is 8.15. The summed E-state index contributed by atoms with van der Waals surface area (Å²) in [5, 5.41) is 6.89. The molecule has 0 atom stereocenters. The van der Waals surface area contributed by atoms with Gasteiger partial charge in [-0.15, -0.1) is 0 Å². The fourth-order valence-corrected chi connectivity index (χ4v) is 0.880. The van der Waals surface area contributed by atoms with E-state index in [0.29, 0.717) is 18.2 Å². The van der Waals surface area contributed by atoms with Crippen molar-refractivity contribution in [1.29, 1.82) is 0 Å². The molecule has 6 heteroatoms. The van der Waals surface area contributed by atoms with Gasteiger partial charge in [-0.25, -0.2) is 9.97 Å². The Labute approximate surface area is 99.7 Å². The summed E-state index contributed by atoms with van der Waals surface area (Å²) in [6, 6.07) is 0.337. The molecule has 0 unspecified atom stereocenters. The number of carbonyl (C=O) groups excluding carboxylic acids is 1. The van der Waals surface area contributed by atoms with Crippen molar-refractivity contribution in [2.75, 3.05) is 6.61 Å². The van der Waals surface area contributed by atoms with Crippen molar-refractivity contribution in [2.24, 2.45) is 0 Å². The van der Waals surface area contributed by atoms with E-state index in [-0.39, 0.29) is 12.3 Å². The first-order valence-corrected chi connectivity index (χ1v) is 5.19. The van der Waals surface area contributed by atoms with Crippen molar-refractivity contribution in [1.82, 2.24) is 9.97 Å². The number of ether oxygens (including phenoxy) is 1. The van der Waals surface area contributed by atoms with Gasteiger partial charge in [0, 0.05) is 12.4 Å². The largest absolute Gasteiger partial charge is 0.483 e. The quantitative estimate of drug-likeness (QED) is 0.477. The average Bonchev–Trinajstić information content (AvgIpc) is 2.31. The molecular weight excluding hydrogens is 224 g/mol. The number of carboxylic acid groups (broad SMARTS) is 1. The lowest BCUT2D eigenvalue weighted by molar-refractivity contribution is -0.122. The van der Waals surface area contributed by atoms with Crippen LogP contribution >= 0.6 is 0 Å². The van der Waals surface area contributed by atoms with E-state index in [1.165, 1.54) is 19.3 Å². The molecule has 0 radical (unpaired) electrons. The molecule has 0 amide bonds. The highest BCUT2D eigenvalue weighted by Crippen LogP contribution is 2.03. The van der Waals surface area contributed by atoms with E-state index in [9.17, 15) is 4.79 Å². The summed E-state index contributed by atoms with van der Waals surface area (Å²) < 4.78 is 5.25. The van der Waals surface area contributed by atoms with Crippen LogP contribution in [-0.2, 0) is 4.79 Å². The summed E-state index contributed by atoms with van der Waals surface area (Å²) in [6.07, 6.45) is 5.02. The number of hydrogen-bond acceptors (Lipinski definition) is 5. The van der Waals surface area contributed by atoms with Crippen LogP contribution in [0.3, 0.4) is 0 Å². The summed E-state index contributed by atoms with van der Waals surface area (Å²) in [4.78, 5) is 27.1. The zero-order valence-electron chi connectivity index (χ0n) is 9.92. The highest BCUT2D eigenvalue weighted by molar-refractivity contribution is 5.93. The summed E-state index contributed by atoms with van der Waals surface area (Å²) in [5.74, 6) is -0.0369. The van der Waals surface area contributed by atoms with Gasteiger partial charge in [0.1, 0.15) is 0 Å². The molecule has 6 nitrogen and oxygen atoms in total. The molecule has 17 heavy (non-hydrogen) atoms. The molecule has 0 bridgehead atoms. The predicted octanol–water partition coefficient (Wildman–Crippen LogP) is 1.56. The standard InChI is InChI=1S/C10H14N2O2.CH2O2/c1-3-4-5-14-10-11-6-9(7-12-10)8(2)13;2-1-3/h6-7H,3-5H2,1-2H3;1H,(H,2,3). The van der Waals surface area contributed by atoms with Gasteiger partial charge >= 0.3 is 6.01 Å². The van der Waals surface area contributed by atoms with Crippen molar-refractivity contribution < 1.29 is 19.4 Å². The van der Waals surface area contributed by atoms with E-state index in [4.69, 9.17) is 14.6 Å². The second-order valence-electron chi connectivity index (χ2n) is 3.12. The van der Waals surface area contributed by atoms with E-state index < -0.39 is 0 Å². The molecule has 1 rings (SSSR count). The van der Waals surface area contributed by atoms with Crippen molar-refractivity contribution in [3.05, 3.63) is 18.0 Å². The van der Waals surface area contributed by atoms with E-state index in [0.717, 1.165) is 12.8 Å². The Balaban J connectivity index is 0.000000770. The fourth-order valence-electron chi connectivity index (χ4n) is 0.880. The maximum absolute atomic E-state index is 10.9. The van der Waals surface area contributed by atoms with Crippen LogP contribution in [0, 0.1) is 0 Å². The normalized spacial score (nSPS) is 8.82. The van der Waals surface area contributed by atoms with Crippen LogP contribution in [0.25, 0.3) is 0 Å². The van der Waals surface area contributed by atoms with Gasteiger partial charge in [-0.3, -0.25) is 9.59 Å². The molecular formula is C11H16N2O4. The molecule has 1 heterocycles. The van der Waals surface area contributed by atoms with Crippen LogP contribution in [0.2, 0.25) is 0 Å². The average molecular weight is 240 g/mol. The smallest absolute Gasteiger partial charge is 0.316 e. The third kappa shape index (κ3) is 6.99. The van der Waals surface area contributed by atoms with Gasteiger partial charge in [-0.1, -0.05) is 13.3 Å². The van der Waals surface area contributed by atoms with E-state index in [2.05, 4.69) is 16.9 Å². The van der Waals surface area contributed by atoms with Crippen LogP contribution in [0.5, 0.6) is 6.01 Å². The second kappa shape index (κ2) is 9.26. The second-order valence-corrected chi connectivity index (χ2v) is 3.12. The Morgan fingerprint density at radius 3 is 2.41 bits per heavy atom. The number of aromatic nitrogens is 2. The molecule has 0 spiro atoms. The number of unbranched alkanes of at least 4 members (excludes halogenated alkanes) is 1. The van der Waals surface area contributed by atoms with Crippen molar-refractivity contribution in [3.63, 3.8) is 0 Å². The van der Waals surface area contributed by atoms with Crippen LogP contribution in [0.15, 0.2) is 12.4 Å². The minimum absolute atomic E-state index is 0.0369. The lowest BCUT2D eigenvalue weighted by Crippen LogP contribution is -2.02. The van der Waals surface area contributed by atoms with Crippen molar-refractivity contribution >= 4 is 12.3 Å². The third-order valence-corrected chi connectivity index (χ3v) is 1.76. The number of rotatable bonds is 5. The van der Waals surface area contributed by atoms with Gasteiger partial charge < -0.3 is 9.84 Å². The van der Waals surface area contributed by atoms with Crippen LogP contribution in [0.1, 0.15) is 37.0 Å². The van der Waals surface area contributed by atoms with Gasteiger partial charge in [0.15, 0.2) is 5.78 Å². The number of nitrogens with zero attached hydrogens (tertiary/aromatic N) is 2. The molecule has 1 N–H and O–H groups in total. The molecule has 94 valence electrons. The summed E-state index contributed by atoms with van der Waals surface area (Å²) >= 11 is 0. The van der Waals surface area contributed by atoms with Crippen molar-refractivity contribution in [3.8, 4) is 6.01 Å². The highest BCUT2D eigenvalue weighted by atomic mass is 16.5. The predicted molar refractivity (Wildman–Crippen MR) is 61.1 cm³/mol. The van der Waals surface area contributed by atoms with Gasteiger partial charge in [-0.2, -0.15) is 0 Å². The minimum atomic E-state index is -0.250. The summed E-state index contributed by atoms with van der Waals surface area (Å²) in [6.45, 7) is 3.94. The summed E-state index contributed by atoms with van der Waals surface area (Å²) in [7, 11) is 0. The Morgan fingerprint density at radius 1 is 1.47 bits per heavy atom. The van der Waals surface area contributed by atoms with E-state index in [1.807, 2.05) is 0 Å². The summed E-state index contributed by atoms with van der Waals surface area (Å²) in [5.41, 5.74) is 0.507. The molecule has 0 saturated heterocycles. The SMILES string of the molecule is CCCCOc1ncc(C(C)=O)cn1.O=CO. The third-order valence-electron chi connectivity index (χ3n) is 1.76. The lowest BCUT2D eigenvalue weighted by atomic mass is 10.2. The first kappa shape index (κ1) is 15.0. The van der Waals surface area contributed by atoms with E-state index >= 15 is 0 Å². The Hall–Kier alpha value is -1.98. The maximum atomic E-state index is 10.9. The molecule has 0 fully saturated rings. The zero-order valence-corrected chi connectivity index (χ0v) is 9.92. The van der Waals surface area contributed by atoms with Crippen LogP contribution in [-0.4, -0.2) is 33.9 Å². The monoisotopic (exact) mass is 240 g/mol. The highest BCUT2D eigenvalue weighted by Gasteiger charge is 2.01. The van der Waals surface area contributed by atoms with Crippen LogP contribution in [0.4, 0.5) is 0 Å². The van der Waals surface area contributed by atoms with E-state index in [1.54, 1.807) is 0 Å². The Kier molecular flexibility index (Phi) is 8.18. The molecule has 0 aromatic carbocycles. The van der Waals surface area contributed by atoms with Crippen LogP contribution < -0.4 is 4.74 Å². The van der Waals surface area contributed by atoms with Crippen molar-refractivity contribution in [2.45, 2.75) is 26.7 Å². The Bertz CT molecular complexity index is 338. The molecule has 1 aromatic heterocycles. The van der Waals surface area contributed by atoms with Gasteiger partial charge in [-0.05, 0) is 13.3 Å². The lowest BCUT2D eigenvalue weighted by Gasteiger charge is -2.02. The topological polar surface area (TPSA) is 89.4 Å². The van der Waals surface area contributed by atoms with Gasteiger partial charge in [0.05, 0.1) is 12.2 Å². The molecule has 1 aromatic rings. The van der Waals surface area contributed by atoms with Gasteiger partial charge in [0.25, 0.3) is 6.47 Å². The number of carbonyl (C=O) groups is 2. The first-order valence-electron chi connectivity index (χ1n) is 5.19. The molecule has 0 aliphatic heterocycles. The maximum Gasteiger partial charge on any atom is 0.316 e. The number of hydrogen-bond donors (Lipinski definition) is 1. The molecule has 0 aliphatic rings. The van der Waals surface area contributed by atoms with Gasteiger partial charge in [0.2, 0.25) is 0 Å². The molecule has 0 aliphatic carbocycles. The Morgan fingerprint density at radius 2 is 2.00 bits per heavy atom. The number of Topliss-reactive ketones (excluding diaryl/α,β-unsaturated/α-hetero) is 1. The zero-order chi connectivity index (χ0) is 13.1. The molecule has 0 saturated carbocycles.